The van der Waals surface area contributed by atoms with E-state index in [9.17, 15) is 18.0 Å². The van der Waals surface area contributed by atoms with Gasteiger partial charge in [-0.25, -0.2) is 4.98 Å². The number of rotatable bonds is 1. The minimum Gasteiger partial charge on any atom is -0.323 e. The summed E-state index contributed by atoms with van der Waals surface area (Å²) < 4.78 is 37.8. The Hall–Kier alpha value is -2.11. The Bertz CT molecular complexity index is 717. The normalized spacial score (nSPS) is 11.7. The van der Waals surface area contributed by atoms with Crippen molar-refractivity contribution in [2.75, 3.05) is 0 Å². The highest BCUT2D eigenvalue weighted by Gasteiger charge is 2.30. The highest BCUT2D eigenvalue weighted by molar-refractivity contribution is 5.63. The molecule has 0 aliphatic carbocycles. The smallest absolute Gasteiger partial charge is 0.323 e. The fourth-order valence-corrected chi connectivity index (χ4v) is 1.91. The van der Waals surface area contributed by atoms with Crippen LogP contribution in [0.3, 0.4) is 0 Å². The Morgan fingerprint density at radius 1 is 1.15 bits per heavy atom. The monoisotopic (exact) mass is 282 g/mol. The number of H-pyrrole nitrogens is 1. The number of aryl methyl sites for hydroxylation is 3. The van der Waals surface area contributed by atoms with Crippen LogP contribution in [0.5, 0.6) is 0 Å². The highest BCUT2D eigenvalue weighted by atomic mass is 19.4. The minimum atomic E-state index is -4.40. The lowest BCUT2D eigenvalue weighted by Gasteiger charge is -2.11. The molecule has 0 bridgehead atoms. The van der Waals surface area contributed by atoms with E-state index >= 15 is 0 Å². The zero-order valence-electron chi connectivity index (χ0n) is 11.2. The van der Waals surface area contributed by atoms with Crippen LogP contribution in [0.1, 0.15) is 22.5 Å². The number of hydrogen-bond acceptors (Lipinski definition) is 2. The number of halogens is 3. The third kappa shape index (κ3) is 2.59. The van der Waals surface area contributed by atoms with Crippen LogP contribution >= 0.6 is 0 Å². The minimum absolute atomic E-state index is 0.138. The van der Waals surface area contributed by atoms with Gasteiger partial charge in [-0.1, -0.05) is 6.07 Å². The summed E-state index contributed by atoms with van der Waals surface area (Å²) in [5.74, 6) is 0. The lowest BCUT2D eigenvalue weighted by atomic mass is 10.0. The van der Waals surface area contributed by atoms with Crippen molar-refractivity contribution in [3.05, 3.63) is 51.1 Å². The number of aromatic nitrogens is 2. The van der Waals surface area contributed by atoms with E-state index in [1.807, 2.05) is 0 Å². The molecule has 2 rings (SSSR count). The van der Waals surface area contributed by atoms with Crippen molar-refractivity contribution in [2.24, 2.45) is 0 Å². The summed E-state index contributed by atoms with van der Waals surface area (Å²) in [6, 6.07) is 3.26. The molecule has 106 valence electrons. The second-order valence-corrected chi connectivity index (χ2v) is 4.65. The van der Waals surface area contributed by atoms with Gasteiger partial charge in [0.25, 0.3) is 5.56 Å². The van der Waals surface area contributed by atoms with Gasteiger partial charge >= 0.3 is 6.18 Å². The van der Waals surface area contributed by atoms with Crippen LogP contribution in [-0.4, -0.2) is 9.97 Å². The molecule has 0 amide bonds. The Kier molecular flexibility index (Phi) is 3.41. The van der Waals surface area contributed by atoms with Crippen molar-refractivity contribution in [2.45, 2.75) is 26.9 Å². The molecule has 0 saturated heterocycles. The Morgan fingerprint density at radius 3 is 2.35 bits per heavy atom. The van der Waals surface area contributed by atoms with E-state index in [-0.39, 0.29) is 5.69 Å². The quantitative estimate of drug-likeness (QED) is 0.871. The molecule has 0 aliphatic rings. The van der Waals surface area contributed by atoms with Crippen molar-refractivity contribution in [1.82, 2.24) is 9.97 Å². The molecular weight excluding hydrogens is 269 g/mol. The molecule has 20 heavy (non-hydrogen) atoms. The van der Waals surface area contributed by atoms with Crippen LogP contribution in [0.15, 0.2) is 23.0 Å². The van der Waals surface area contributed by atoms with E-state index in [4.69, 9.17) is 0 Å². The third-order valence-electron chi connectivity index (χ3n) is 3.15. The number of nitrogens with zero attached hydrogens (tertiary/aromatic N) is 1. The second-order valence-electron chi connectivity index (χ2n) is 4.65. The molecule has 3 nitrogen and oxygen atoms in total. The molecule has 6 heteroatoms. The third-order valence-corrected chi connectivity index (χ3v) is 3.15. The van der Waals surface area contributed by atoms with Crippen molar-refractivity contribution < 1.29 is 13.2 Å². The van der Waals surface area contributed by atoms with E-state index in [2.05, 4.69) is 9.97 Å². The van der Waals surface area contributed by atoms with Crippen molar-refractivity contribution in [1.29, 1.82) is 0 Å². The van der Waals surface area contributed by atoms with Crippen LogP contribution in [0, 0.1) is 20.8 Å². The van der Waals surface area contributed by atoms with Crippen molar-refractivity contribution in [3.8, 4) is 11.3 Å². The Balaban J connectivity index is 2.60. The number of alkyl halides is 3. The standard InChI is InChI=1S/C14H13F3N2O/c1-7-6-10(14(15,16)17)4-5-11(7)12-13(20)19-9(3)8(2)18-12/h4-6H,1-3H3,(H,19,20). The van der Waals surface area contributed by atoms with Crippen LogP contribution in [0.2, 0.25) is 0 Å². The van der Waals surface area contributed by atoms with Gasteiger partial charge in [-0.2, -0.15) is 13.2 Å². The van der Waals surface area contributed by atoms with Gasteiger partial charge in [-0.15, -0.1) is 0 Å². The highest BCUT2D eigenvalue weighted by Crippen LogP contribution is 2.32. The van der Waals surface area contributed by atoms with E-state index in [1.165, 1.54) is 13.0 Å². The molecule has 0 radical (unpaired) electrons. The average molecular weight is 282 g/mol. The lowest BCUT2D eigenvalue weighted by molar-refractivity contribution is -0.137. The largest absolute Gasteiger partial charge is 0.416 e. The van der Waals surface area contributed by atoms with Gasteiger partial charge in [-0.05, 0) is 38.5 Å². The zero-order valence-corrected chi connectivity index (χ0v) is 11.2. The molecular formula is C14H13F3N2O. The molecule has 0 spiro atoms. The van der Waals surface area contributed by atoms with Crippen molar-refractivity contribution >= 4 is 0 Å². The number of nitrogens with one attached hydrogen (secondary N) is 1. The number of benzene rings is 1. The molecule has 0 unspecified atom stereocenters. The van der Waals surface area contributed by atoms with Crippen LogP contribution in [-0.2, 0) is 6.18 Å². The number of aromatic amines is 1. The fourth-order valence-electron chi connectivity index (χ4n) is 1.91. The van der Waals surface area contributed by atoms with Gasteiger partial charge in [0.15, 0.2) is 0 Å². The Labute approximate surface area is 113 Å². The fraction of sp³-hybridized carbons (Fsp3) is 0.286. The van der Waals surface area contributed by atoms with Gasteiger partial charge < -0.3 is 4.98 Å². The molecule has 1 heterocycles. The predicted molar refractivity (Wildman–Crippen MR) is 69.5 cm³/mol. The Morgan fingerprint density at radius 2 is 1.80 bits per heavy atom. The van der Waals surface area contributed by atoms with E-state index in [1.54, 1.807) is 13.8 Å². The summed E-state index contributed by atoms with van der Waals surface area (Å²) in [6.45, 7) is 4.97. The van der Waals surface area contributed by atoms with Gasteiger partial charge in [0.05, 0.1) is 11.3 Å². The maximum absolute atomic E-state index is 12.6. The maximum atomic E-state index is 12.6. The lowest BCUT2D eigenvalue weighted by Crippen LogP contribution is -2.15. The second kappa shape index (κ2) is 4.77. The molecule has 1 N–H and O–H groups in total. The van der Waals surface area contributed by atoms with E-state index < -0.39 is 17.3 Å². The van der Waals surface area contributed by atoms with Crippen LogP contribution in [0.4, 0.5) is 13.2 Å². The maximum Gasteiger partial charge on any atom is 0.416 e. The molecule has 0 aliphatic heterocycles. The predicted octanol–water partition coefficient (Wildman–Crippen LogP) is 3.38. The van der Waals surface area contributed by atoms with E-state index in [0.29, 0.717) is 22.5 Å². The summed E-state index contributed by atoms with van der Waals surface area (Å²) in [4.78, 5) is 18.7. The zero-order chi connectivity index (χ0) is 15.1. The summed E-state index contributed by atoms with van der Waals surface area (Å²) in [6.07, 6.45) is -4.40. The van der Waals surface area contributed by atoms with Gasteiger partial charge in [-0.3, -0.25) is 4.79 Å². The first kappa shape index (κ1) is 14.3. The average Bonchev–Trinajstić information content (AvgIpc) is 2.33. The number of hydrogen-bond donors (Lipinski definition) is 1. The summed E-state index contributed by atoms with van der Waals surface area (Å²) in [5.41, 5.74) is 1.04. The summed E-state index contributed by atoms with van der Waals surface area (Å²) in [5, 5.41) is 0. The summed E-state index contributed by atoms with van der Waals surface area (Å²) in [7, 11) is 0. The first-order chi connectivity index (χ1) is 9.20. The molecule has 2 aromatic rings. The van der Waals surface area contributed by atoms with Crippen molar-refractivity contribution in [3.63, 3.8) is 0 Å². The van der Waals surface area contributed by atoms with E-state index in [0.717, 1.165) is 12.1 Å². The van der Waals surface area contributed by atoms with Gasteiger partial charge in [0.1, 0.15) is 5.69 Å². The molecule has 0 fully saturated rings. The first-order valence-electron chi connectivity index (χ1n) is 5.96. The first-order valence-corrected chi connectivity index (χ1v) is 5.96. The van der Waals surface area contributed by atoms with Gasteiger partial charge in [0, 0.05) is 11.3 Å². The molecule has 0 atom stereocenters. The summed E-state index contributed by atoms with van der Waals surface area (Å²) >= 11 is 0. The van der Waals surface area contributed by atoms with Crippen LogP contribution in [0.25, 0.3) is 11.3 Å². The molecule has 1 aromatic heterocycles. The van der Waals surface area contributed by atoms with Crippen LogP contribution < -0.4 is 5.56 Å². The SMILES string of the molecule is Cc1cc(C(F)(F)F)ccc1-c1nc(C)c(C)[nH]c1=O. The topological polar surface area (TPSA) is 45.8 Å². The molecule has 0 saturated carbocycles. The van der Waals surface area contributed by atoms with Gasteiger partial charge in [0.2, 0.25) is 0 Å². The molecule has 1 aromatic carbocycles.